The van der Waals surface area contributed by atoms with Crippen molar-refractivity contribution in [3.8, 4) is 17.1 Å². The van der Waals surface area contributed by atoms with Gasteiger partial charge in [-0.05, 0) is 31.2 Å². The molecular weight excluding hydrogens is 364 g/mol. The second-order valence-electron chi connectivity index (χ2n) is 5.55. The van der Waals surface area contributed by atoms with Gasteiger partial charge in [-0.1, -0.05) is 5.16 Å². The van der Waals surface area contributed by atoms with E-state index in [0.29, 0.717) is 23.7 Å². The average Bonchev–Trinajstić information content (AvgIpc) is 3.09. The first-order valence-corrected chi connectivity index (χ1v) is 8.25. The maximum Gasteiger partial charge on any atom is 0.326 e. The number of aromatic nitrogens is 2. The molecule has 1 unspecified atom stereocenters. The number of alkyl halides is 2. The fourth-order valence-electron chi connectivity index (χ4n) is 2.23. The van der Waals surface area contributed by atoms with Crippen LogP contribution in [0.15, 0.2) is 28.8 Å². The number of rotatable bonds is 10. The fraction of sp³-hybridized carbons (Fsp3) is 0.412. The van der Waals surface area contributed by atoms with E-state index in [9.17, 15) is 18.4 Å². The number of aliphatic carboxylic acids is 1. The van der Waals surface area contributed by atoms with Crippen LogP contribution in [0, 0.1) is 0 Å². The normalized spacial score (nSPS) is 12.0. The number of halogens is 2. The molecule has 1 amide bonds. The number of hydrogen-bond donors (Lipinski definition) is 2. The van der Waals surface area contributed by atoms with Gasteiger partial charge in [0.2, 0.25) is 24.0 Å². The highest BCUT2D eigenvalue weighted by atomic mass is 19.3. The Hall–Kier alpha value is -3.04. The number of amides is 1. The maximum atomic E-state index is 12.3. The van der Waals surface area contributed by atoms with Crippen LogP contribution in [0.25, 0.3) is 11.4 Å². The van der Waals surface area contributed by atoms with Gasteiger partial charge in [-0.15, -0.1) is 0 Å². The van der Waals surface area contributed by atoms with E-state index >= 15 is 0 Å². The van der Waals surface area contributed by atoms with Gasteiger partial charge in [0.15, 0.2) is 0 Å². The van der Waals surface area contributed by atoms with E-state index in [-0.39, 0.29) is 18.7 Å². The molecule has 10 heteroatoms. The number of nitrogens with zero attached hydrogens (tertiary/aromatic N) is 2. The minimum atomic E-state index is -2.83. The van der Waals surface area contributed by atoms with Crippen LogP contribution < -0.4 is 10.1 Å². The van der Waals surface area contributed by atoms with Crippen molar-refractivity contribution in [2.45, 2.75) is 38.7 Å². The summed E-state index contributed by atoms with van der Waals surface area (Å²) in [5, 5.41) is 14.7. The van der Waals surface area contributed by atoms with Crippen LogP contribution in [0.5, 0.6) is 5.75 Å². The summed E-state index contributed by atoms with van der Waals surface area (Å²) >= 11 is 0. The number of aryl methyl sites for hydroxylation is 1. The second kappa shape index (κ2) is 9.60. The number of benzene rings is 1. The SMILES string of the molecule is CCOc1ccc(-c2noc(CCC(=O)NC(CC(F)F)C(=O)O)n2)cc1. The van der Waals surface area contributed by atoms with Gasteiger partial charge in [-0.3, -0.25) is 4.79 Å². The molecule has 8 nitrogen and oxygen atoms in total. The lowest BCUT2D eigenvalue weighted by Crippen LogP contribution is -2.42. The smallest absolute Gasteiger partial charge is 0.326 e. The highest BCUT2D eigenvalue weighted by Gasteiger charge is 2.24. The van der Waals surface area contributed by atoms with E-state index in [1.165, 1.54) is 0 Å². The molecule has 0 bridgehead atoms. The summed E-state index contributed by atoms with van der Waals surface area (Å²) < 4.78 is 35.0. The monoisotopic (exact) mass is 383 g/mol. The number of ether oxygens (including phenoxy) is 1. The number of carboxylic acids is 1. The van der Waals surface area contributed by atoms with Gasteiger partial charge in [-0.25, -0.2) is 13.6 Å². The largest absolute Gasteiger partial charge is 0.494 e. The number of carbonyl (C=O) groups excluding carboxylic acids is 1. The molecule has 0 aliphatic rings. The topological polar surface area (TPSA) is 115 Å². The molecule has 1 aromatic carbocycles. The van der Waals surface area contributed by atoms with Crippen molar-refractivity contribution in [2.24, 2.45) is 0 Å². The average molecular weight is 383 g/mol. The summed E-state index contributed by atoms with van der Waals surface area (Å²) in [4.78, 5) is 26.8. The Labute approximate surface area is 153 Å². The van der Waals surface area contributed by atoms with Gasteiger partial charge in [0.25, 0.3) is 0 Å². The minimum Gasteiger partial charge on any atom is -0.494 e. The van der Waals surface area contributed by atoms with Gasteiger partial charge in [-0.2, -0.15) is 4.98 Å². The molecule has 27 heavy (non-hydrogen) atoms. The molecule has 1 aromatic heterocycles. The lowest BCUT2D eigenvalue weighted by atomic mass is 10.2. The van der Waals surface area contributed by atoms with E-state index in [1.807, 2.05) is 6.92 Å². The van der Waals surface area contributed by atoms with E-state index in [4.69, 9.17) is 14.4 Å². The fourth-order valence-corrected chi connectivity index (χ4v) is 2.23. The lowest BCUT2D eigenvalue weighted by molar-refractivity contribution is -0.143. The second-order valence-corrected chi connectivity index (χ2v) is 5.55. The molecule has 0 saturated carbocycles. The summed E-state index contributed by atoms with van der Waals surface area (Å²) in [5.74, 6) is -0.995. The third kappa shape index (κ3) is 6.32. The molecule has 146 valence electrons. The van der Waals surface area contributed by atoms with Crippen LogP contribution in [0.1, 0.15) is 25.7 Å². The first-order valence-electron chi connectivity index (χ1n) is 8.25. The summed E-state index contributed by atoms with van der Waals surface area (Å²) in [6.45, 7) is 2.43. The van der Waals surface area contributed by atoms with E-state index in [0.717, 1.165) is 0 Å². The molecule has 0 aliphatic heterocycles. The molecule has 2 N–H and O–H groups in total. The maximum absolute atomic E-state index is 12.3. The Morgan fingerprint density at radius 3 is 2.59 bits per heavy atom. The molecule has 0 radical (unpaired) electrons. The molecule has 0 aliphatic carbocycles. The summed E-state index contributed by atoms with van der Waals surface area (Å²) in [5.41, 5.74) is 0.695. The van der Waals surface area contributed by atoms with E-state index < -0.39 is 30.8 Å². The summed E-state index contributed by atoms with van der Waals surface area (Å²) in [7, 11) is 0. The number of carboxylic acid groups (broad SMARTS) is 1. The van der Waals surface area contributed by atoms with Crippen molar-refractivity contribution in [2.75, 3.05) is 6.61 Å². The zero-order chi connectivity index (χ0) is 19.8. The van der Waals surface area contributed by atoms with Crippen LogP contribution >= 0.6 is 0 Å². The Morgan fingerprint density at radius 1 is 1.30 bits per heavy atom. The number of hydrogen-bond acceptors (Lipinski definition) is 6. The van der Waals surface area contributed by atoms with Gasteiger partial charge in [0.1, 0.15) is 11.8 Å². The summed E-state index contributed by atoms with van der Waals surface area (Å²) in [6.07, 6.45) is -3.91. The number of nitrogens with one attached hydrogen (secondary N) is 1. The van der Waals surface area contributed by atoms with E-state index in [2.05, 4.69) is 15.5 Å². The quantitative estimate of drug-likeness (QED) is 0.647. The first kappa shape index (κ1) is 20.3. The highest BCUT2D eigenvalue weighted by Crippen LogP contribution is 2.20. The minimum absolute atomic E-state index is 0.0525. The van der Waals surface area contributed by atoms with Crippen LogP contribution in [-0.4, -0.2) is 46.2 Å². The lowest BCUT2D eigenvalue weighted by Gasteiger charge is -2.13. The van der Waals surface area contributed by atoms with Crippen LogP contribution in [0.3, 0.4) is 0 Å². The number of carbonyl (C=O) groups is 2. The molecule has 0 fully saturated rings. The van der Waals surface area contributed by atoms with Crippen molar-refractivity contribution < 1.29 is 32.7 Å². The Kier molecular flexibility index (Phi) is 7.21. The highest BCUT2D eigenvalue weighted by molar-refractivity contribution is 5.83. The molecule has 1 atom stereocenters. The molecule has 2 rings (SSSR count). The van der Waals surface area contributed by atoms with Crippen molar-refractivity contribution in [3.05, 3.63) is 30.2 Å². The third-order valence-electron chi connectivity index (χ3n) is 3.50. The zero-order valence-electron chi connectivity index (χ0n) is 14.5. The van der Waals surface area contributed by atoms with Gasteiger partial charge in [0.05, 0.1) is 6.61 Å². The van der Waals surface area contributed by atoms with Crippen LogP contribution in [-0.2, 0) is 16.0 Å². The van der Waals surface area contributed by atoms with Crippen LogP contribution in [0.2, 0.25) is 0 Å². The van der Waals surface area contributed by atoms with E-state index in [1.54, 1.807) is 24.3 Å². The van der Waals surface area contributed by atoms with Gasteiger partial charge < -0.3 is 19.7 Å². The standard InChI is InChI=1S/C17H19F2N3O5/c1-2-26-11-5-3-10(4-6-11)16-21-15(27-22-16)8-7-14(23)20-12(17(24)25)9-13(18)19/h3-6,12-13H,2,7-9H2,1H3,(H,20,23)(H,24,25). The Morgan fingerprint density at radius 2 is 2.00 bits per heavy atom. The molecular formula is C17H19F2N3O5. The predicted molar refractivity (Wildman–Crippen MR) is 89.4 cm³/mol. The zero-order valence-corrected chi connectivity index (χ0v) is 14.5. The Bertz CT molecular complexity index is 764. The van der Waals surface area contributed by atoms with Crippen LogP contribution in [0.4, 0.5) is 8.78 Å². The third-order valence-corrected chi connectivity index (χ3v) is 3.50. The molecule has 1 heterocycles. The summed E-state index contributed by atoms with van der Waals surface area (Å²) in [6, 6.07) is 5.40. The molecule has 2 aromatic rings. The molecule has 0 spiro atoms. The van der Waals surface area contributed by atoms with Gasteiger partial charge >= 0.3 is 5.97 Å². The first-order chi connectivity index (χ1) is 12.9. The van der Waals surface area contributed by atoms with Crippen molar-refractivity contribution >= 4 is 11.9 Å². The Balaban J connectivity index is 1.89. The van der Waals surface area contributed by atoms with Crippen molar-refractivity contribution in [3.63, 3.8) is 0 Å². The molecule has 0 saturated heterocycles. The van der Waals surface area contributed by atoms with Crippen molar-refractivity contribution in [1.29, 1.82) is 0 Å². The predicted octanol–water partition coefficient (Wildman–Crippen LogP) is 2.29. The van der Waals surface area contributed by atoms with Crippen molar-refractivity contribution in [1.82, 2.24) is 15.5 Å². The van der Waals surface area contributed by atoms with Gasteiger partial charge in [0, 0.05) is 24.8 Å².